The van der Waals surface area contributed by atoms with Gasteiger partial charge in [0.15, 0.2) is 11.5 Å². The number of fused-ring (bicyclic) bond motifs is 1. The number of ether oxygens (including phenoxy) is 1. The van der Waals surface area contributed by atoms with Crippen molar-refractivity contribution in [3.8, 4) is 0 Å². The van der Waals surface area contributed by atoms with Gasteiger partial charge in [-0.3, -0.25) is 0 Å². The average molecular weight is 291 g/mol. The van der Waals surface area contributed by atoms with Gasteiger partial charge in [0.1, 0.15) is 5.52 Å². The second-order valence-electron chi connectivity index (χ2n) is 3.09. The summed E-state index contributed by atoms with van der Waals surface area (Å²) in [6, 6.07) is 3.57. The number of hydrogen-bond acceptors (Lipinski definition) is 3. The SMILES string of the molecule is COCCc1nc2cc(Cl)cc(Br)c2o1. The molecule has 0 unspecified atom stereocenters. The maximum absolute atomic E-state index is 5.90. The van der Waals surface area contributed by atoms with Crippen LogP contribution in [0.3, 0.4) is 0 Å². The third-order valence-corrected chi connectivity index (χ3v) is 2.78. The lowest BCUT2D eigenvalue weighted by atomic mass is 10.3. The molecule has 0 aliphatic heterocycles. The predicted molar refractivity (Wildman–Crippen MR) is 62.3 cm³/mol. The van der Waals surface area contributed by atoms with Crippen molar-refractivity contribution in [2.45, 2.75) is 6.42 Å². The highest BCUT2D eigenvalue weighted by atomic mass is 79.9. The van der Waals surface area contributed by atoms with E-state index >= 15 is 0 Å². The average Bonchev–Trinajstić information content (AvgIpc) is 2.57. The Kier molecular flexibility index (Phi) is 3.29. The Morgan fingerprint density at radius 1 is 1.53 bits per heavy atom. The van der Waals surface area contributed by atoms with Gasteiger partial charge < -0.3 is 9.15 Å². The van der Waals surface area contributed by atoms with E-state index in [-0.39, 0.29) is 0 Å². The molecule has 1 aromatic carbocycles. The van der Waals surface area contributed by atoms with Gasteiger partial charge in [-0.1, -0.05) is 11.6 Å². The summed E-state index contributed by atoms with van der Waals surface area (Å²) in [6.45, 7) is 0.595. The van der Waals surface area contributed by atoms with Crippen LogP contribution in [0.15, 0.2) is 21.0 Å². The number of hydrogen-bond donors (Lipinski definition) is 0. The molecule has 15 heavy (non-hydrogen) atoms. The smallest absolute Gasteiger partial charge is 0.197 e. The molecule has 0 saturated heterocycles. The largest absolute Gasteiger partial charge is 0.439 e. The monoisotopic (exact) mass is 289 g/mol. The Balaban J connectivity index is 2.41. The zero-order chi connectivity index (χ0) is 10.8. The number of nitrogens with zero attached hydrogens (tertiary/aromatic N) is 1. The normalized spacial score (nSPS) is 11.1. The van der Waals surface area contributed by atoms with E-state index in [1.807, 2.05) is 0 Å². The van der Waals surface area contributed by atoms with Crippen molar-refractivity contribution >= 4 is 38.6 Å². The van der Waals surface area contributed by atoms with Crippen LogP contribution < -0.4 is 0 Å². The summed E-state index contributed by atoms with van der Waals surface area (Å²) < 4.78 is 11.3. The first kappa shape index (κ1) is 10.9. The number of rotatable bonds is 3. The van der Waals surface area contributed by atoms with Crippen LogP contribution in [0.2, 0.25) is 5.02 Å². The number of halogens is 2. The lowest BCUT2D eigenvalue weighted by molar-refractivity contribution is 0.196. The van der Waals surface area contributed by atoms with Gasteiger partial charge in [0.2, 0.25) is 0 Å². The molecular formula is C10H9BrClNO2. The van der Waals surface area contributed by atoms with Crippen LogP contribution in [0.25, 0.3) is 11.1 Å². The van der Waals surface area contributed by atoms with E-state index in [0.717, 1.165) is 15.6 Å². The standard InChI is InChI=1S/C10H9BrClNO2/c1-14-3-2-9-13-8-5-6(12)4-7(11)10(8)15-9/h4-5H,2-3H2,1H3. The number of benzene rings is 1. The fourth-order valence-electron chi connectivity index (χ4n) is 1.30. The summed E-state index contributed by atoms with van der Waals surface area (Å²) >= 11 is 9.28. The summed E-state index contributed by atoms with van der Waals surface area (Å²) in [5.41, 5.74) is 1.49. The Hall–Kier alpha value is -0.580. The van der Waals surface area contributed by atoms with Crippen molar-refractivity contribution in [2.75, 3.05) is 13.7 Å². The Bertz CT molecular complexity index is 483. The molecule has 0 spiro atoms. The minimum atomic E-state index is 0.595. The van der Waals surface area contributed by atoms with E-state index in [2.05, 4.69) is 20.9 Å². The molecule has 0 atom stereocenters. The molecule has 0 bridgehead atoms. The molecule has 0 amide bonds. The second kappa shape index (κ2) is 4.51. The van der Waals surface area contributed by atoms with Crippen LogP contribution in [-0.4, -0.2) is 18.7 Å². The Labute approximate surface area is 101 Å². The maximum Gasteiger partial charge on any atom is 0.197 e. The highest BCUT2D eigenvalue weighted by molar-refractivity contribution is 9.10. The fraction of sp³-hybridized carbons (Fsp3) is 0.300. The molecule has 0 saturated carbocycles. The zero-order valence-electron chi connectivity index (χ0n) is 8.09. The summed E-state index contributed by atoms with van der Waals surface area (Å²) in [5.74, 6) is 0.662. The number of oxazole rings is 1. The van der Waals surface area contributed by atoms with Gasteiger partial charge in [-0.2, -0.15) is 0 Å². The highest BCUT2D eigenvalue weighted by Gasteiger charge is 2.09. The van der Waals surface area contributed by atoms with E-state index < -0.39 is 0 Å². The van der Waals surface area contributed by atoms with Crippen molar-refractivity contribution in [3.63, 3.8) is 0 Å². The highest BCUT2D eigenvalue weighted by Crippen LogP contribution is 2.28. The Morgan fingerprint density at radius 2 is 2.33 bits per heavy atom. The van der Waals surface area contributed by atoms with Crippen LogP contribution in [-0.2, 0) is 11.2 Å². The first-order valence-electron chi connectivity index (χ1n) is 4.44. The minimum absolute atomic E-state index is 0.595. The van der Waals surface area contributed by atoms with Crippen LogP contribution in [0.4, 0.5) is 0 Å². The van der Waals surface area contributed by atoms with E-state index in [9.17, 15) is 0 Å². The lowest BCUT2D eigenvalue weighted by Crippen LogP contribution is -1.93. The summed E-state index contributed by atoms with van der Waals surface area (Å²) in [7, 11) is 1.65. The number of aromatic nitrogens is 1. The first-order valence-corrected chi connectivity index (χ1v) is 5.61. The van der Waals surface area contributed by atoms with Crippen LogP contribution >= 0.6 is 27.5 Å². The van der Waals surface area contributed by atoms with Gasteiger partial charge >= 0.3 is 0 Å². The minimum Gasteiger partial charge on any atom is -0.439 e. The molecule has 2 aromatic rings. The first-order chi connectivity index (χ1) is 7.20. The van der Waals surface area contributed by atoms with Crippen molar-refractivity contribution in [1.29, 1.82) is 0 Å². The quantitative estimate of drug-likeness (QED) is 0.868. The Morgan fingerprint density at radius 3 is 3.07 bits per heavy atom. The van der Waals surface area contributed by atoms with Gasteiger partial charge in [0.05, 0.1) is 11.1 Å². The lowest BCUT2D eigenvalue weighted by Gasteiger charge is -1.92. The molecular weight excluding hydrogens is 281 g/mol. The molecule has 2 rings (SSSR count). The fourth-order valence-corrected chi connectivity index (χ4v) is 2.18. The predicted octanol–water partition coefficient (Wildman–Crippen LogP) is 3.43. The molecule has 0 fully saturated rings. The van der Waals surface area contributed by atoms with E-state index in [1.165, 1.54) is 0 Å². The van der Waals surface area contributed by atoms with E-state index in [4.69, 9.17) is 20.8 Å². The van der Waals surface area contributed by atoms with Crippen molar-refractivity contribution in [3.05, 3.63) is 27.5 Å². The third kappa shape index (κ3) is 2.33. The van der Waals surface area contributed by atoms with Gasteiger partial charge in [-0.25, -0.2) is 4.98 Å². The summed E-state index contributed by atoms with van der Waals surface area (Å²) in [6.07, 6.45) is 0.662. The third-order valence-electron chi connectivity index (χ3n) is 1.97. The molecule has 0 aliphatic carbocycles. The van der Waals surface area contributed by atoms with Crippen LogP contribution in [0.5, 0.6) is 0 Å². The molecule has 0 N–H and O–H groups in total. The molecule has 0 radical (unpaired) electrons. The summed E-state index contributed by atoms with van der Waals surface area (Å²) in [4.78, 5) is 4.31. The van der Waals surface area contributed by atoms with Gasteiger partial charge in [-0.15, -0.1) is 0 Å². The van der Waals surface area contributed by atoms with Crippen LogP contribution in [0, 0.1) is 0 Å². The van der Waals surface area contributed by atoms with E-state index in [0.29, 0.717) is 23.9 Å². The zero-order valence-corrected chi connectivity index (χ0v) is 10.4. The van der Waals surface area contributed by atoms with Gasteiger partial charge in [0, 0.05) is 18.6 Å². The maximum atomic E-state index is 5.90. The molecule has 80 valence electrons. The molecule has 3 nitrogen and oxygen atoms in total. The topological polar surface area (TPSA) is 35.3 Å². The van der Waals surface area contributed by atoms with Gasteiger partial charge in [-0.05, 0) is 28.1 Å². The second-order valence-corrected chi connectivity index (χ2v) is 4.38. The van der Waals surface area contributed by atoms with E-state index in [1.54, 1.807) is 19.2 Å². The van der Waals surface area contributed by atoms with Crippen molar-refractivity contribution in [1.82, 2.24) is 4.98 Å². The molecule has 5 heteroatoms. The van der Waals surface area contributed by atoms with Crippen molar-refractivity contribution in [2.24, 2.45) is 0 Å². The summed E-state index contributed by atoms with van der Waals surface area (Å²) in [5, 5.41) is 0.640. The molecule has 1 heterocycles. The van der Waals surface area contributed by atoms with Crippen LogP contribution in [0.1, 0.15) is 5.89 Å². The molecule has 1 aromatic heterocycles. The van der Waals surface area contributed by atoms with Gasteiger partial charge in [0.25, 0.3) is 0 Å². The number of methoxy groups -OCH3 is 1. The molecule has 0 aliphatic rings. The van der Waals surface area contributed by atoms with Crippen molar-refractivity contribution < 1.29 is 9.15 Å².